The molecule has 22 heavy (non-hydrogen) atoms. The van der Waals surface area contributed by atoms with Crippen LogP contribution >= 0.6 is 0 Å². The zero-order valence-electron chi connectivity index (χ0n) is 12.4. The summed E-state index contributed by atoms with van der Waals surface area (Å²) < 4.78 is 0. The number of nitrogens with one attached hydrogen (secondary N) is 1. The molecule has 0 spiro atoms. The monoisotopic (exact) mass is 309 g/mol. The van der Waals surface area contributed by atoms with E-state index in [0.717, 1.165) is 0 Å². The molecule has 8 nitrogen and oxygen atoms in total. The minimum absolute atomic E-state index is 0.332. The number of anilines is 1. The van der Waals surface area contributed by atoms with Crippen molar-refractivity contribution >= 4 is 23.5 Å². The fourth-order valence-electron chi connectivity index (χ4n) is 2.24. The van der Waals surface area contributed by atoms with Crippen LogP contribution in [0.4, 0.5) is 5.69 Å². The second-order valence-electron chi connectivity index (χ2n) is 4.85. The van der Waals surface area contributed by atoms with Crippen molar-refractivity contribution in [3.63, 3.8) is 0 Å². The summed E-state index contributed by atoms with van der Waals surface area (Å²) in [5, 5.41) is 19.8. The van der Waals surface area contributed by atoms with Gasteiger partial charge in [-0.25, -0.2) is 9.59 Å². The van der Waals surface area contributed by atoms with Gasteiger partial charge in [-0.2, -0.15) is 0 Å². The molecule has 0 saturated carbocycles. The fourth-order valence-corrected chi connectivity index (χ4v) is 2.24. The smallest absolute Gasteiger partial charge is 0.338 e. The van der Waals surface area contributed by atoms with Crippen molar-refractivity contribution in [3.05, 3.63) is 24.0 Å². The molecule has 1 aromatic heterocycles. The number of carboxylic acid groups (broad SMARTS) is 2. The van der Waals surface area contributed by atoms with E-state index in [9.17, 15) is 14.4 Å². The third kappa shape index (κ3) is 3.33. The van der Waals surface area contributed by atoms with E-state index in [0.29, 0.717) is 24.2 Å². The van der Waals surface area contributed by atoms with E-state index in [4.69, 9.17) is 15.9 Å². The second-order valence-corrected chi connectivity index (χ2v) is 4.85. The summed E-state index contributed by atoms with van der Waals surface area (Å²) in [6, 6.07) is 1.17. The van der Waals surface area contributed by atoms with Crippen LogP contribution in [0.1, 0.15) is 32.4 Å². The molecular formula is C14H19N3O5. The van der Waals surface area contributed by atoms with E-state index in [-0.39, 0.29) is 0 Å². The number of aliphatic carboxylic acids is 2. The number of hydrogen-bond acceptors (Lipinski definition) is 5. The fraction of sp³-hybridized carbons (Fsp3) is 0.429. The average Bonchev–Trinajstić information content (AvgIpc) is 2.47. The lowest BCUT2D eigenvalue weighted by molar-refractivity contribution is -0.153. The molecule has 0 aliphatic carbocycles. The molecule has 0 radical (unpaired) electrons. The van der Waals surface area contributed by atoms with Crippen molar-refractivity contribution in [1.82, 2.24) is 10.3 Å². The highest BCUT2D eigenvalue weighted by Gasteiger charge is 2.41. The van der Waals surface area contributed by atoms with Gasteiger partial charge in [-0.05, 0) is 25.0 Å². The van der Waals surface area contributed by atoms with E-state index in [1.54, 1.807) is 26.0 Å². The first-order valence-electron chi connectivity index (χ1n) is 6.77. The second kappa shape index (κ2) is 6.88. The number of carboxylic acids is 2. The molecule has 8 heteroatoms. The van der Waals surface area contributed by atoms with Crippen molar-refractivity contribution in [2.75, 3.05) is 5.73 Å². The number of nitrogens with zero attached hydrogens (tertiary/aromatic N) is 1. The van der Waals surface area contributed by atoms with E-state index in [1.807, 2.05) is 0 Å². The zero-order chi connectivity index (χ0) is 16.9. The maximum atomic E-state index is 12.5. The van der Waals surface area contributed by atoms with Crippen LogP contribution in [-0.2, 0) is 19.8 Å². The lowest BCUT2D eigenvalue weighted by atomic mass is 9.77. The predicted octanol–water partition coefficient (Wildman–Crippen LogP) is 0.376. The van der Waals surface area contributed by atoms with Crippen LogP contribution in [-0.4, -0.2) is 39.1 Å². The van der Waals surface area contributed by atoms with Gasteiger partial charge in [0.15, 0.2) is 0 Å². The van der Waals surface area contributed by atoms with Crippen molar-refractivity contribution in [3.8, 4) is 0 Å². The summed E-state index contributed by atoms with van der Waals surface area (Å²) in [7, 11) is 0. The Labute approximate surface area is 127 Å². The highest BCUT2D eigenvalue weighted by molar-refractivity contribution is 6.02. The van der Waals surface area contributed by atoms with Gasteiger partial charge in [0.05, 0.1) is 23.0 Å². The summed E-state index contributed by atoms with van der Waals surface area (Å²) in [5.74, 6) is -3.95. The van der Waals surface area contributed by atoms with Gasteiger partial charge in [0.2, 0.25) is 11.9 Å². The molecule has 0 bridgehead atoms. The molecule has 0 aliphatic rings. The standard InChI is InChI=1S/C14H19N3O5/c1-3-14(4-2,9-6-5-8(15)7-16-9)13(22)17-10(11(18)19)12(20)21/h5-7,10H,3-4,15H2,1-2H3,(H,17,22)(H,18,19)(H,20,21). The van der Waals surface area contributed by atoms with Crippen molar-refractivity contribution < 1.29 is 24.6 Å². The first-order valence-corrected chi connectivity index (χ1v) is 6.77. The van der Waals surface area contributed by atoms with Crippen molar-refractivity contribution in [1.29, 1.82) is 0 Å². The molecule has 0 aromatic carbocycles. The van der Waals surface area contributed by atoms with Crippen LogP contribution in [0.25, 0.3) is 0 Å². The molecular weight excluding hydrogens is 290 g/mol. The van der Waals surface area contributed by atoms with E-state index >= 15 is 0 Å². The Balaban J connectivity index is 3.18. The molecule has 5 N–H and O–H groups in total. The molecule has 0 saturated heterocycles. The first kappa shape index (κ1) is 17.4. The van der Waals surface area contributed by atoms with Gasteiger partial charge < -0.3 is 21.3 Å². The number of pyridine rings is 1. The molecule has 1 rings (SSSR count). The molecule has 1 amide bonds. The maximum Gasteiger partial charge on any atom is 0.338 e. The van der Waals surface area contributed by atoms with Gasteiger partial charge in [0, 0.05) is 0 Å². The Morgan fingerprint density at radius 2 is 1.77 bits per heavy atom. The van der Waals surface area contributed by atoms with Crippen LogP contribution < -0.4 is 11.1 Å². The molecule has 0 fully saturated rings. The van der Waals surface area contributed by atoms with E-state index in [1.165, 1.54) is 6.20 Å². The van der Waals surface area contributed by atoms with Gasteiger partial charge in [-0.1, -0.05) is 13.8 Å². The first-order chi connectivity index (χ1) is 10.3. The number of nitrogens with two attached hydrogens (primary N) is 1. The Hall–Kier alpha value is -2.64. The molecule has 1 aromatic rings. The minimum atomic E-state index is -2.00. The summed E-state index contributed by atoms with van der Waals surface area (Å²) in [4.78, 5) is 38.5. The van der Waals surface area contributed by atoms with Gasteiger partial charge in [0.25, 0.3) is 0 Å². The number of carbonyl (C=O) groups is 3. The quantitative estimate of drug-likeness (QED) is 0.533. The molecule has 120 valence electrons. The highest BCUT2D eigenvalue weighted by Crippen LogP contribution is 2.31. The lowest BCUT2D eigenvalue weighted by Crippen LogP contribution is -2.53. The molecule has 0 aliphatic heterocycles. The SMILES string of the molecule is CCC(CC)(C(=O)NC(C(=O)O)C(=O)O)c1ccc(N)cn1. The molecule has 0 atom stereocenters. The number of nitrogen functional groups attached to an aromatic ring is 1. The maximum absolute atomic E-state index is 12.5. The van der Waals surface area contributed by atoms with Crippen LogP contribution in [0, 0.1) is 0 Å². The zero-order valence-corrected chi connectivity index (χ0v) is 12.4. The summed E-state index contributed by atoms with van der Waals surface area (Å²) >= 11 is 0. The minimum Gasteiger partial charge on any atom is -0.479 e. The number of rotatable bonds is 7. The van der Waals surface area contributed by atoms with Gasteiger partial charge in [0.1, 0.15) is 0 Å². The normalized spacial score (nSPS) is 11.2. The number of amides is 1. The predicted molar refractivity (Wildman–Crippen MR) is 78.1 cm³/mol. The Morgan fingerprint density at radius 3 is 2.14 bits per heavy atom. The summed E-state index contributed by atoms with van der Waals surface area (Å²) in [6.07, 6.45) is 2.06. The lowest BCUT2D eigenvalue weighted by Gasteiger charge is -2.30. The van der Waals surface area contributed by atoms with Crippen LogP contribution in [0.5, 0.6) is 0 Å². The highest BCUT2D eigenvalue weighted by atomic mass is 16.4. The average molecular weight is 309 g/mol. The van der Waals surface area contributed by atoms with Gasteiger partial charge in [-0.3, -0.25) is 9.78 Å². The molecule has 0 unspecified atom stereocenters. The molecule has 1 heterocycles. The van der Waals surface area contributed by atoms with Crippen molar-refractivity contribution in [2.45, 2.75) is 38.1 Å². The third-order valence-corrected chi connectivity index (χ3v) is 3.69. The number of aromatic nitrogens is 1. The van der Waals surface area contributed by atoms with E-state index < -0.39 is 29.3 Å². The van der Waals surface area contributed by atoms with Crippen LogP contribution in [0.3, 0.4) is 0 Å². The van der Waals surface area contributed by atoms with Crippen molar-refractivity contribution in [2.24, 2.45) is 0 Å². The largest absolute Gasteiger partial charge is 0.479 e. The number of hydrogen-bond donors (Lipinski definition) is 4. The summed E-state index contributed by atoms with van der Waals surface area (Å²) in [5.41, 5.74) is 5.30. The third-order valence-electron chi connectivity index (χ3n) is 3.69. The van der Waals surface area contributed by atoms with Crippen LogP contribution in [0.15, 0.2) is 18.3 Å². The Bertz CT molecular complexity index is 552. The van der Waals surface area contributed by atoms with Crippen LogP contribution in [0.2, 0.25) is 0 Å². The Kier molecular flexibility index (Phi) is 5.44. The van der Waals surface area contributed by atoms with Gasteiger partial charge in [-0.15, -0.1) is 0 Å². The number of carbonyl (C=O) groups excluding carboxylic acids is 1. The Morgan fingerprint density at radius 1 is 1.23 bits per heavy atom. The topological polar surface area (TPSA) is 143 Å². The van der Waals surface area contributed by atoms with E-state index in [2.05, 4.69) is 10.3 Å². The van der Waals surface area contributed by atoms with Gasteiger partial charge >= 0.3 is 11.9 Å². The summed E-state index contributed by atoms with van der Waals surface area (Å²) in [6.45, 7) is 3.50.